The summed E-state index contributed by atoms with van der Waals surface area (Å²) in [6.07, 6.45) is 2.72. The van der Waals surface area contributed by atoms with Crippen molar-refractivity contribution in [2.24, 2.45) is 0 Å². The van der Waals surface area contributed by atoms with E-state index in [1.807, 2.05) is 13.8 Å². The van der Waals surface area contributed by atoms with Gasteiger partial charge in [-0.05, 0) is 26.0 Å². The summed E-state index contributed by atoms with van der Waals surface area (Å²) in [7, 11) is 0. The van der Waals surface area contributed by atoms with E-state index < -0.39 is 11.6 Å². The Hall–Kier alpha value is -3.36. The number of aromatic nitrogens is 6. The quantitative estimate of drug-likeness (QED) is 0.585. The lowest BCUT2D eigenvalue weighted by Crippen LogP contribution is -2.09. The molecule has 4 heterocycles. The van der Waals surface area contributed by atoms with E-state index in [1.54, 1.807) is 23.0 Å². The van der Waals surface area contributed by atoms with Gasteiger partial charge < -0.3 is 9.88 Å². The molecule has 0 spiro atoms. The number of nitrogens with one attached hydrogen (secondary N) is 2. The second-order valence-corrected chi connectivity index (χ2v) is 5.95. The molecule has 0 aliphatic heterocycles. The van der Waals surface area contributed by atoms with Crippen LogP contribution in [0.4, 0.5) is 20.4 Å². The third-order valence-corrected chi connectivity index (χ3v) is 4.05. The second kappa shape index (κ2) is 6.17. The fraction of sp³-hybridized carbons (Fsp3) is 0.176. The predicted octanol–water partition coefficient (Wildman–Crippen LogP) is 3.49. The van der Waals surface area contributed by atoms with Crippen LogP contribution in [-0.4, -0.2) is 29.7 Å². The minimum Gasteiger partial charge on any atom is -0.321 e. The summed E-state index contributed by atoms with van der Waals surface area (Å²) in [5, 5.41) is 9.65. The largest absolute Gasteiger partial charge is 0.321 e. The first-order valence-electron chi connectivity index (χ1n) is 7.95. The van der Waals surface area contributed by atoms with Crippen LogP contribution in [0, 0.1) is 18.6 Å². The van der Waals surface area contributed by atoms with Crippen LogP contribution in [0.1, 0.15) is 24.4 Å². The lowest BCUT2D eigenvalue weighted by molar-refractivity contribution is 0.599. The Morgan fingerprint density at radius 3 is 2.73 bits per heavy atom. The smallest absolute Gasteiger partial charge is 0.170 e. The van der Waals surface area contributed by atoms with Gasteiger partial charge in [0.15, 0.2) is 23.1 Å². The molecule has 0 aromatic carbocycles. The number of fused-ring (bicyclic) bond motifs is 1. The van der Waals surface area contributed by atoms with E-state index in [2.05, 4.69) is 30.5 Å². The number of anilines is 2. The zero-order chi connectivity index (χ0) is 18.3. The van der Waals surface area contributed by atoms with Gasteiger partial charge in [-0.25, -0.2) is 18.7 Å². The Bertz CT molecular complexity index is 1070. The highest BCUT2D eigenvalue weighted by Crippen LogP contribution is 2.25. The predicted molar refractivity (Wildman–Crippen MR) is 92.1 cm³/mol. The highest BCUT2D eigenvalue weighted by molar-refractivity contribution is 5.74. The van der Waals surface area contributed by atoms with Gasteiger partial charge in [0.05, 0.1) is 24.3 Å². The number of halogens is 2. The van der Waals surface area contributed by atoms with E-state index in [4.69, 9.17) is 0 Å². The first-order chi connectivity index (χ1) is 12.5. The molecular formula is C17H15F2N7. The summed E-state index contributed by atoms with van der Waals surface area (Å²) in [6, 6.07) is 5.75. The highest BCUT2D eigenvalue weighted by atomic mass is 19.1. The number of aromatic amines is 1. The average Bonchev–Trinajstić information content (AvgIpc) is 3.21. The Morgan fingerprint density at radius 1 is 1.19 bits per heavy atom. The van der Waals surface area contributed by atoms with Crippen LogP contribution in [0.25, 0.3) is 11.2 Å². The molecule has 132 valence electrons. The number of hydrogen-bond donors (Lipinski definition) is 2. The molecule has 2 N–H and O–H groups in total. The van der Waals surface area contributed by atoms with Crippen molar-refractivity contribution in [2.45, 2.75) is 19.9 Å². The van der Waals surface area contributed by atoms with E-state index in [1.165, 1.54) is 12.1 Å². The molecule has 4 aromatic heterocycles. The zero-order valence-corrected chi connectivity index (χ0v) is 14.0. The molecule has 0 radical (unpaired) electrons. The van der Waals surface area contributed by atoms with Gasteiger partial charge in [-0.15, -0.1) is 0 Å². The Labute approximate surface area is 147 Å². The molecular weight excluding hydrogens is 340 g/mol. The van der Waals surface area contributed by atoms with Crippen molar-refractivity contribution in [3.8, 4) is 0 Å². The van der Waals surface area contributed by atoms with Crippen molar-refractivity contribution in [3.63, 3.8) is 0 Å². The van der Waals surface area contributed by atoms with E-state index in [0.717, 1.165) is 11.9 Å². The van der Waals surface area contributed by atoms with Crippen LogP contribution < -0.4 is 5.32 Å². The minimum absolute atomic E-state index is 0.0463. The van der Waals surface area contributed by atoms with E-state index in [9.17, 15) is 8.78 Å². The van der Waals surface area contributed by atoms with Crippen molar-refractivity contribution in [3.05, 3.63) is 59.8 Å². The van der Waals surface area contributed by atoms with Crippen LogP contribution in [0.5, 0.6) is 0 Å². The van der Waals surface area contributed by atoms with E-state index in [-0.39, 0.29) is 11.9 Å². The molecule has 0 amide bonds. The summed E-state index contributed by atoms with van der Waals surface area (Å²) in [5.41, 5.74) is 2.39. The summed E-state index contributed by atoms with van der Waals surface area (Å²) >= 11 is 0. The Kier molecular flexibility index (Phi) is 3.83. The fourth-order valence-electron chi connectivity index (χ4n) is 2.68. The number of aryl methyl sites for hydroxylation is 1. The van der Waals surface area contributed by atoms with Crippen molar-refractivity contribution in [2.75, 3.05) is 5.32 Å². The van der Waals surface area contributed by atoms with Crippen LogP contribution in [0.3, 0.4) is 0 Å². The molecule has 9 heteroatoms. The zero-order valence-electron chi connectivity index (χ0n) is 14.0. The molecule has 0 unspecified atom stereocenters. The van der Waals surface area contributed by atoms with E-state index >= 15 is 0 Å². The molecule has 0 aliphatic rings. The van der Waals surface area contributed by atoms with Crippen LogP contribution in [0.15, 0.2) is 36.8 Å². The number of nitrogens with zero attached hydrogens (tertiary/aromatic N) is 5. The maximum atomic E-state index is 14.3. The summed E-state index contributed by atoms with van der Waals surface area (Å²) in [5.74, 6) is -0.425. The standard InChI is InChI=1S/C17H15F2N7/c1-9-5-15(25-24-9)22-16-12(19)6-14-17(23-16)26(8-21-14)10(2)13-4-3-11(18)7-20-13/h3-8,10H,1-2H3,(H2,22,23,24,25)/t10-/m0/s1. The number of pyridine rings is 2. The van der Waals surface area contributed by atoms with Gasteiger partial charge >= 0.3 is 0 Å². The molecule has 0 saturated carbocycles. The Balaban J connectivity index is 1.74. The monoisotopic (exact) mass is 355 g/mol. The molecule has 0 bridgehead atoms. The van der Waals surface area contributed by atoms with Gasteiger partial charge in [0.1, 0.15) is 11.3 Å². The van der Waals surface area contributed by atoms with Gasteiger partial charge in [-0.1, -0.05) is 0 Å². The van der Waals surface area contributed by atoms with E-state index in [0.29, 0.717) is 22.7 Å². The maximum Gasteiger partial charge on any atom is 0.170 e. The lowest BCUT2D eigenvalue weighted by atomic mass is 10.2. The highest BCUT2D eigenvalue weighted by Gasteiger charge is 2.17. The number of rotatable bonds is 4. The molecule has 26 heavy (non-hydrogen) atoms. The molecule has 4 rings (SSSR count). The van der Waals surface area contributed by atoms with Crippen LogP contribution >= 0.6 is 0 Å². The maximum absolute atomic E-state index is 14.3. The SMILES string of the molecule is Cc1cc(Nc2nc3c(cc2F)ncn3[C@@H](C)c2ccc(F)cn2)n[nH]1. The molecule has 1 atom stereocenters. The first-order valence-corrected chi connectivity index (χ1v) is 7.95. The van der Waals surface area contributed by atoms with Gasteiger partial charge in [0.2, 0.25) is 0 Å². The minimum atomic E-state index is -0.532. The van der Waals surface area contributed by atoms with Crippen molar-refractivity contribution in [1.82, 2.24) is 29.7 Å². The Morgan fingerprint density at radius 2 is 2.04 bits per heavy atom. The fourth-order valence-corrected chi connectivity index (χ4v) is 2.68. The summed E-state index contributed by atoms with van der Waals surface area (Å²) in [4.78, 5) is 12.7. The van der Waals surface area contributed by atoms with Crippen molar-refractivity contribution in [1.29, 1.82) is 0 Å². The number of hydrogen-bond acceptors (Lipinski definition) is 5. The molecule has 0 aliphatic carbocycles. The number of imidazole rings is 1. The topological polar surface area (TPSA) is 84.3 Å². The molecule has 0 fully saturated rings. The lowest BCUT2D eigenvalue weighted by Gasteiger charge is -2.14. The van der Waals surface area contributed by atoms with Crippen molar-refractivity contribution < 1.29 is 8.78 Å². The second-order valence-electron chi connectivity index (χ2n) is 5.95. The number of H-pyrrole nitrogens is 1. The van der Waals surface area contributed by atoms with Crippen LogP contribution in [-0.2, 0) is 0 Å². The first kappa shape index (κ1) is 16.1. The van der Waals surface area contributed by atoms with Crippen LogP contribution in [0.2, 0.25) is 0 Å². The van der Waals surface area contributed by atoms with Gasteiger partial charge in [-0.3, -0.25) is 10.1 Å². The molecule has 0 saturated heterocycles. The summed E-state index contributed by atoms with van der Waals surface area (Å²) in [6.45, 7) is 3.73. The normalized spacial score (nSPS) is 12.5. The summed E-state index contributed by atoms with van der Waals surface area (Å²) < 4.78 is 29.2. The van der Waals surface area contributed by atoms with Gasteiger partial charge in [-0.2, -0.15) is 5.10 Å². The molecule has 7 nitrogen and oxygen atoms in total. The van der Waals surface area contributed by atoms with Crippen molar-refractivity contribution >= 4 is 22.8 Å². The molecule has 4 aromatic rings. The third kappa shape index (κ3) is 2.87. The third-order valence-electron chi connectivity index (χ3n) is 4.05. The van der Waals surface area contributed by atoms with Gasteiger partial charge in [0.25, 0.3) is 0 Å². The average molecular weight is 355 g/mol. The van der Waals surface area contributed by atoms with Gasteiger partial charge in [0, 0.05) is 17.8 Å².